The molecule has 0 heterocycles. The van der Waals surface area contributed by atoms with E-state index in [1.165, 1.54) is 0 Å². The van der Waals surface area contributed by atoms with Crippen molar-refractivity contribution in [2.75, 3.05) is 6.61 Å². The van der Waals surface area contributed by atoms with Crippen molar-refractivity contribution in [1.82, 2.24) is 0 Å². The van der Waals surface area contributed by atoms with Gasteiger partial charge in [-0.2, -0.15) is 5.26 Å². The van der Waals surface area contributed by atoms with Crippen LogP contribution in [0.3, 0.4) is 0 Å². The molecule has 0 atom stereocenters. The third-order valence-electron chi connectivity index (χ3n) is 0.0956. The van der Waals surface area contributed by atoms with Gasteiger partial charge in [0.05, 0.1) is 0 Å². The SMILES string of the molecule is CC(=O)O.CCO.N#CC(=O)O.[H-].[K+]. The monoisotopic (exact) mass is 217 g/mol. The van der Waals surface area contributed by atoms with Gasteiger partial charge in [-0.25, -0.2) is 4.79 Å². The van der Waals surface area contributed by atoms with Crippen LogP contribution in [-0.2, 0) is 9.59 Å². The van der Waals surface area contributed by atoms with Crippen LogP contribution in [-0.4, -0.2) is 33.9 Å². The smallest absolute Gasteiger partial charge is 1.00 e. The number of carboxylic acid groups (broad SMARTS) is 2. The molecule has 72 valence electrons. The zero-order chi connectivity index (χ0) is 10.6. The summed E-state index contributed by atoms with van der Waals surface area (Å²) in [6, 6.07) is 0.944. The molecule has 0 aliphatic heterocycles. The van der Waals surface area contributed by atoms with Gasteiger partial charge in [0.1, 0.15) is 0 Å². The van der Waals surface area contributed by atoms with Crippen molar-refractivity contribution < 1.29 is 77.7 Å². The van der Waals surface area contributed by atoms with E-state index in [1.54, 1.807) is 6.92 Å². The summed E-state index contributed by atoms with van der Waals surface area (Å²) in [5, 5.41) is 29.6. The number of rotatable bonds is 0. The topological polar surface area (TPSA) is 119 Å². The quantitative estimate of drug-likeness (QED) is 0.223. The van der Waals surface area contributed by atoms with Gasteiger partial charge in [0.2, 0.25) is 0 Å². The molecule has 0 saturated carbocycles. The first-order valence-corrected chi connectivity index (χ1v) is 2.85. The van der Waals surface area contributed by atoms with Gasteiger partial charge < -0.3 is 16.7 Å². The van der Waals surface area contributed by atoms with E-state index in [0.717, 1.165) is 13.0 Å². The summed E-state index contributed by atoms with van der Waals surface area (Å²) >= 11 is 0. The van der Waals surface area contributed by atoms with Crippen LogP contribution in [0.2, 0.25) is 0 Å². The minimum absolute atomic E-state index is 0. The van der Waals surface area contributed by atoms with Gasteiger partial charge in [-0.3, -0.25) is 4.79 Å². The molecule has 0 aromatic heterocycles. The molecule has 0 aliphatic carbocycles. The molecule has 0 spiro atoms. The van der Waals surface area contributed by atoms with Gasteiger partial charge in [-0.15, -0.1) is 0 Å². The standard InChI is InChI=1S/C2HNO2.C2H4O2.C2H6O.K.H/c3-1-2(4)5;1-2(3)4;1-2-3;;/h(H,4,5);1H3,(H,3,4);3H,2H2,1H3;;/q;;;+1;-1. The Kier molecular flexibility index (Phi) is 40.4. The molecule has 0 radical (unpaired) electrons. The third-order valence-corrected chi connectivity index (χ3v) is 0.0956. The predicted octanol–water partition coefficient (Wildman–Crippen LogP) is -3.20. The first kappa shape index (κ1) is 23.1. The fraction of sp³-hybridized carbons (Fsp3) is 0.500. The Labute approximate surface area is 120 Å². The molecule has 3 N–H and O–H groups in total. The Balaban J connectivity index is -0.0000000278. The molecule has 0 fully saturated rings. The fourth-order valence-electron chi connectivity index (χ4n) is 0. The van der Waals surface area contributed by atoms with Gasteiger partial charge in [-0.1, -0.05) is 0 Å². The van der Waals surface area contributed by atoms with Gasteiger partial charge in [0, 0.05) is 13.5 Å². The van der Waals surface area contributed by atoms with Crippen LogP contribution in [0.5, 0.6) is 0 Å². The Morgan fingerprint density at radius 1 is 1.46 bits per heavy atom. The van der Waals surface area contributed by atoms with E-state index >= 15 is 0 Å². The minimum Gasteiger partial charge on any atom is -1.00 e. The predicted molar refractivity (Wildman–Crippen MR) is 40.4 cm³/mol. The average Bonchev–Trinajstić information content (AvgIpc) is 1.88. The van der Waals surface area contributed by atoms with E-state index in [4.69, 9.17) is 30.2 Å². The van der Waals surface area contributed by atoms with Crippen LogP contribution >= 0.6 is 0 Å². The summed E-state index contributed by atoms with van der Waals surface area (Å²) in [6.45, 7) is 3.01. The average molecular weight is 217 g/mol. The number of hydrogen-bond donors (Lipinski definition) is 3. The minimum atomic E-state index is -1.44. The molecule has 0 saturated heterocycles. The van der Waals surface area contributed by atoms with Gasteiger partial charge in [0.25, 0.3) is 5.97 Å². The number of aliphatic hydroxyl groups excluding tert-OH is 1. The van der Waals surface area contributed by atoms with E-state index in [0.29, 0.717) is 0 Å². The van der Waals surface area contributed by atoms with Crippen molar-refractivity contribution in [3.63, 3.8) is 0 Å². The largest absolute Gasteiger partial charge is 1.00 e. The number of nitrogens with zero attached hydrogens (tertiary/aromatic N) is 1. The zero-order valence-electron chi connectivity index (χ0n) is 8.81. The van der Waals surface area contributed by atoms with E-state index in [-0.39, 0.29) is 59.4 Å². The van der Waals surface area contributed by atoms with Crippen molar-refractivity contribution in [2.45, 2.75) is 13.8 Å². The first-order chi connectivity index (χ1) is 5.42. The van der Waals surface area contributed by atoms with Crippen molar-refractivity contribution in [3.8, 4) is 6.07 Å². The van der Waals surface area contributed by atoms with Crippen LogP contribution in [0, 0.1) is 11.3 Å². The summed E-state index contributed by atoms with van der Waals surface area (Å²) in [5.41, 5.74) is 0. The molecule has 0 bridgehead atoms. The molecular formula is C6H12KNO5. The molecule has 0 aliphatic rings. The van der Waals surface area contributed by atoms with Gasteiger partial charge >= 0.3 is 57.4 Å². The van der Waals surface area contributed by atoms with Crippen LogP contribution in [0.15, 0.2) is 0 Å². The summed E-state index contributed by atoms with van der Waals surface area (Å²) in [7, 11) is 0. The number of nitriles is 1. The first-order valence-electron chi connectivity index (χ1n) is 2.85. The number of carbonyl (C=O) groups is 2. The molecule has 7 heteroatoms. The van der Waals surface area contributed by atoms with Crippen molar-refractivity contribution >= 4 is 11.9 Å². The summed E-state index contributed by atoms with van der Waals surface area (Å²) in [6.07, 6.45) is 0. The Morgan fingerprint density at radius 3 is 1.54 bits per heavy atom. The maximum atomic E-state index is 9.01. The van der Waals surface area contributed by atoms with Crippen LogP contribution in [0.4, 0.5) is 0 Å². The van der Waals surface area contributed by atoms with E-state index in [9.17, 15) is 0 Å². The maximum absolute atomic E-state index is 9.01. The van der Waals surface area contributed by atoms with Crippen molar-refractivity contribution in [3.05, 3.63) is 0 Å². The van der Waals surface area contributed by atoms with Crippen LogP contribution in [0.1, 0.15) is 15.3 Å². The normalized spacial score (nSPS) is 5.38. The molecule has 0 unspecified atom stereocenters. The number of aliphatic carboxylic acids is 2. The van der Waals surface area contributed by atoms with Crippen LogP contribution < -0.4 is 51.4 Å². The second kappa shape index (κ2) is 22.7. The third kappa shape index (κ3) is 294. The summed E-state index contributed by atoms with van der Waals surface area (Å²) in [4.78, 5) is 18.0. The molecule has 0 aromatic rings. The fourth-order valence-corrected chi connectivity index (χ4v) is 0. The van der Waals surface area contributed by atoms with E-state index in [1.807, 2.05) is 0 Å². The summed E-state index contributed by atoms with van der Waals surface area (Å²) < 4.78 is 0. The van der Waals surface area contributed by atoms with Gasteiger partial charge in [-0.05, 0) is 6.92 Å². The van der Waals surface area contributed by atoms with E-state index in [2.05, 4.69) is 0 Å². The molecule has 6 nitrogen and oxygen atoms in total. The molecule has 13 heavy (non-hydrogen) atoms. The van der Waals surface area contributed by atoms with Crippen molar-refractivity contribution in [2.24, 2.45) is 0 Å². The number of carboxylic acids is 2. The van der Waals surface area contributed by atoms with E-state index < -0.39 is 11.9 Å². The molecule has 0 amide bonds. The molecule has 0 rings (SSSR count). The molecule has 0 aromatic carbocycles. The zero-order valence-corrected chi connectivity index (χ0v) is 10.9. The van der Waals surface area contributed by atoms with Gasteiger partial charge in [0.15, 0.2) is 6.07 Å². The Bertz CT molecular complexity index is 166. The molecular weight excluding hydrogens is 205 g/mol. The second-order valence-electron chi connectivity index (χ2n) is 1.25. The Hall–Kier alpha value is 0.0264. The maximum Gasteiger partial charge on any atom is 1.00 e. The Morgan fingerprint density at radius 2 is 1.54 bits per heavy atom. The van der Waals surface area contributed by atoms with Crippen LogP contribution in [0.25, 0.3) is 0 Å². The number of aliphatic hydroxyl groups is 1. The number of hydrogen-bond acceptors (Lipinski definition) is 4. The second-order valence-corrected chi connectivity index (χ2v) is 1.25. The van der Waals surface area contributed by atoms with Crippen molar-refractivity contribution in [1.29, 1.82) is 5.26 Å². The summed E-state index contributed by atoms with van der Waals surface area (Å²) in [5.74, 6) is -2.27.